The monoisotopic (exact) mass is 389 g/mol. The summed E-state index contributed by atoms with van der Waals surface area (Å²) in [6.45, 7) is 1.54. The van der Waals surface area contributed by atoms with Gasteiger partial charge in [-0.25, -0.2) is 0 Å². The molecule has 1 aromatic heterocycles. The van der Waals surface area contributed by atoms with Gasteiger partial charge >= 0.3 is 0 Å². The van der Waals surface area contributed by atoms with E-state index in [1.807, 2.05) is 48.7 Å². The third kappa shape index (κ3) is 3.98. The molecular weight excluding hydrogens is 369 g/mol. The first kappa shape index (κ1) is 20.2. The molecule has 0 aliphatic carbocycles. The number of amides is 1. The first-order chi connectivity index (χ1) is 11.8. The van der Waals surface area contributed by atoms with E-state index < -0.39 is 0 Å². The van der Waals surface area contributed by atoms with Crippen molar-refractivity contribution < 1.29 is 4.79 Å². The van der Waals surface area contributed by atoms with E-state index in [1.54, 1.807) is 6.20 Å². The van der Waals surface area contributed by atoms with Gasteiger partial charge in [0.15, 0.2) is 0 Å². The minimum Gasteiger partial charge on any atom is -0.325 e. The second kappa shape index (κ2) is 8.99. The molecule has 0 saturated carbocycles. The zero-order chi connectivity index (χ0) is 16.4. The number of benzene rings is 2. The molecule has 1 aliphatic rings. The number of hydrogen-bond donors (Lipinski definition) is 2. The lowest BCUT2D eigenvalue weighted by Crippen LogP contribution is -2.28. The highest BCUT2D eigenvalue weighted by atomic mass is 35.5. The van der Waals surface area contributed by atoms with Crippen LogP contribution in [0.1, 0.15) is 11.5 Å². The number of nitrogens with zero attached hydrogens (tertiary/aromatic N) is 1. The summed E-state index contributed by atoms with van der Waals surface area (Å²) in [5.41, 5.74) is 2.06. The summed E-state index contributed by atoms with van der Waals surface area (Å²) < 4.78 is 0. The third-order valence-corrected chi connectivity index (χ3v) is 4.72. The normalized spacial score (nSPS) is 18.6. The molecule has 1 fully saturated rings. The van der Waals surface area contributed by atoms with Crippen molar-refractivity contribution in [2.75, 3.05) is 18.4 Å². The summed E-state index contributed by atoms with van der Waals surface area (Å²) in [4.78, 5) is 17.0. The maximum absolute atomic E-state index is 12.9. The second-order valence-electron chi connectivity index (χ2n) is 6.17. The van der Waals surface area contributed by atoms with E-state index in [2.05, 4.69) is 27.8 Å². The fourth-order valence-corrected chi connectivity index (χ4v) is 3.46. The lowest BCUT2D eigenvalue weighted by molar-refractivity contribution is -0.119. The van der Waals surface area contributed by atoms with Gasteiger partial charge in [0.25, 0.3) is 0 Å². The van der Waals surface area contributed by atoms with E-state index in [9.17, 15) is 4.79 Å². The predicted molar refractivity (Wildman–Crippen MR) is 110 cm³/mol. The molecule has 1 aliphatic heterocycles. The van der Waals surface area contributed by atoms with Crippen molar-refractivity contribution >= 4 is 47.2 Å². The van der Waals surface area contributed by atoms with Crippen LogP contribution in [0.25, 0.3) is 10.8 Å². The molecule has 3 aromatic rings. The lowest BCUT2D eigenvalue weighted by atomic mass is 9.88. The molecule has 0 radical (unpaired) electrons. The number of hydrogen-bond acceptors (Lipinski definition) is 3. The zero-order valence-corrected chi connectivity index (χ0v) is 15.7. The molecule has 4 nitrogen and oxygen atoms in total. The molecule has 0 unspecified atom stereocenters. The predicted octanol–water partition coefficient (Wildman–Crippen LogP) is 4.02. The summed E-state index contributed by atoms with van der Waals surface area (Å²) in [7, 11) is 0. The number of fused-ring (bicyclic) bond motifs is 1. The van der Waals surface area contributed by atoms with Crippen molar-refractivity contribution in [3.8, 4) is 0 Å². The van der Waals surface area contributed by atoms with Gasteiger partial charge in [-0.1, -0.05) is 42.5 Å². The third-order valence-electron chi connectivity index (χ3n) is 4.72. The molecule has 136 valence electrons. The molecule has 4 rings (SSSR count). The number of rotatable bonds is 3. The molecule has 0 bridgehead atoms. The Morgan fingerprint density at radius 1 is 1.00 bits per heavy atom. The van der Waals surface area contributed by atoms with Crippen LogP contribution >= 0.6 is 24.8 Å². The van der Waals surface area contributed by atoms with Gasteiger partial charge in [0, 0.05) is 47.9 Å². The standard InChI is InChI=1S/C20H19N3O.2ClH/c24-20(18-13-22-12-17(18)14-5-2-1-3-6-14)23-19-8-4-7-15-11-21-10-9-16(15)19;;/h1-11,17-18,22H,12-13H2,(H,23,24);2*1H/t17-,18-;;/m1../s1. The van der Waals surface area contributed by atoms with Gasteiger partial charge in [0.05, 0.1) is 5.92 Å². The Labute approximate surface area is 165 Å². The summed E-state index contributed by atoms with van der Waals surface area (Å²) in [6, 6.07) is 18.1. The highest BCUT2D eigenvalue weighted by Gasteiger charge is 2.33. The topological polar surface area (TPSA) is 54.0 Å². The Morgan fingerprint density at radius 2 is 1.81 bits per heavy atom. The van der Waals surface area contributed by atoms with Crippen LogP contribution in [0, 0.1) is 5.92 Å². The SMILES string of the molecule is Cl.Cl.O=C(Nc1cccc2cnccc12)[C@@H]1CNC[C@@H]1c1ccccc1. The fraction of sp³-hybridized carbons (Fsp3) is 0.200. The Bertz CT molecular complexity index is 868. The largest absolute Gasteiger partial charge is 0.325 e. The molecule has 1 amide bonds. The smallest absolute Gasteiger partial charge is 0.229 e. The highest BCUT2D eigenvalue weighted by Crippen LogP contribution is 2.30. The molecule has 26 heavy (non-hydrogen) atoms. The average molecular weight is 390 g/mol. The quantitative estimate of drug-likeness (QED) is 0.710. The number of nitrogens with one attached hydrogen (secondary N) is 2. The van der Waals surface area contributed by atoms with E-state index in [-0.39, 0.29) is 42.6 Å². The molecule has 0 spiro atoms. The maximum atomic E-state index is 12.9. The van der Waals surface area contributed by atoms with E-state index in [0.717, 1.165) is 23.0 Å². The zero-order valence-electron chi connectivity index (χ0n) is 14.1. The number of aromatic nitrogens is 1. The number of carbonyl (C=O) groups excluding carboxylic acids is 1. The molecule has 2 N–H and O–H groups in total. The van der Waals surface area contributed by atoms with Crippen LogP contribution in [0.2, 0.25) is 0 Å². The minimum atomic E-state index is -0.0653. The minimum absolute atomic E-state index is 0. The number of anilines is 1. The van der Waals surface area contributed by atoms with Crippen LogP contribution in [0.15, 0.2) is 67.0 Å². The van der Waals surface area contributed by atoms with Crippen molar-refractivity contribution in [2.24, 2.45) is 5.92 Å². The Kier molecular flexibility index (Phi) is 6.98. The van der Waals surface area contributed by atoms with Crippen molar-refractivity contribution in [2.45, 2.75) is 5.92 Å². The van der Waals surface area contributed by atoms with Gasteiger partial charge in [-0.05, 0) is 17.7 Å². The molecule has 2 aromatic carbocycles. The second-order valence-corrected chi connectivity index (χ2v) is 6.17. The van der Waals surface area contributed by atoms with Gasteiger partial charge in [0.2, 0.25) is 5.91 Å². The van der Waals surface area contributed by atoms with E-state index >= 15 is 0 Å². The van der Waals surface area contributed by atoms with Crippen LogP contribution in [-0.2, 0) is 4.79 Å². The lowest BCUT2D eigenvalue weighted by Gasteiger charge is -2.19. The van der Waals surface area contributed by atoms with Crippen LogP contribution in [-0.4, -0.2) is 24.0 Å². The van der Waals surface area contributed by atoms with Crippen molar-refractivity contribution in [3.63, 3.8) is 0 Å². The van der Waals surface area contributed by atoms with Crippen molar-refractivity contribution in [1.82, 2.24) is 10.3 Å². The molecule has 1 saturated heterocycles. The molecular formula is C20H21Cl2N3O. The van der Waals surface area contributed by atoms with Gasteiger partial charge in [-0.3, -0.25) is 9.78 Å². The maximum Gasteiger partial charge on any atom is 0.229 e. The van der Waals surface area contributed by atoms with Crippen molar-refractivity contribution in [3.05, 3.63) is 72.6 Å². The Hall–Kier alpha value is -2.14. The van der Waals surface area contributed by atoms with Gasteiger partial charge < -0.3 is 10.6 Å². The number of pyridine rings is 1. The highest BCUT2D eigenvalue weighted by molar-refractivity contribution is 6.03. The van der Waals surface area contributed by atoms with E-state index in [4.69, 9.17) is 0 Å². The average Bonchev–Trinajstić information content (AvgIpc) is 3.13. The summed E-state index contributed by atoms with van der Waals surface area (Å²) in [5.74, 6) is 0.213. The summed E-state index contributed by atoms with van der Waals surface area (Å²) in [6.07, 6.45) is 3.57. The van der Waals surface area contributed by atoms with Crippen molar-refractivity contribution in [1.29, 1.82) is 0 Å². The van der Waals surface area contributed by atoms with Gasteiger partial charge in [-0.2, -0.15) is 0 Å². The van der Waals surface area contributed by atoms with Gasteiger partial charge in [0.1, 0.15) is 0 Å². The van der Waals surface area contributed by atoms with E-state index in [1.165, 1.54) is 5.56 Å². The van der Waals surface area contributed by atoms with Crippen LogP contribution < -0.4 is 10.6 Å². The van der Waals surface area contributed by atoms with Crippen LogP contribution in [0.5, 0.6) is 0 Å². The number of halogens is 2. The van der Waals surface area contributed by atoms with Crippen LogP contribution in [0.4, 0.5) is 5.69 Å². The molecule has 2 atom stereocenters. The summed E-state index contributed by atoms with van der Waals surface area (Å²) in [5, 5.41) is 8.52. The van der Waals surface area contributed by atoms with E-state index in [0.29, 0.717) is 6.54 Å². The van der Waals surface area contributed by atoms with Crippen LogP contribution in [0.3, 0.4) is 0 Å². The number of carbonyl (C=O) groups is 1. The molecule has 6 heteroatoms. The fourth-order valence-electron chi connectivity index (χ4n) is 3.46. The first-order valence-corrected chi connectivity index (χ1v) is 8.22. The van der Waals surface area contributed by atoms with Gasteiger partial charge in [-0.15, -0.1) is 24.8 Å². The molecule has 2 heterocycles. The first-order valence-electron chi connectivity index (χ1n) is 8.22. The summed E-state index contributed by atoms with van der Waals surface area (Å²) >= 11 is 0. The Balaban J connectivity index is 0.00000121. The Morgan fingerprint density at radius 3 is 2.62 bits per heavy atom.